The van der Waals surface area contributed by atoms with Crippen LogP contribution in [0.4, 0.5) is 5.82 Å². The Hall–Kier alpha value is -4.38. The van der Waals surface area contributed by atoms with Gasteiger partial charge < -0.3 is 15.6 Å². The first-order valence-corrected chi connectivity index (χ1v) is 10.4. The lowest BCUT2D eigenvalue weighted by molar-refractivity contribution is -0.128. The summed E-state index contributed by atoms with van der Waals surface area (Å²) in [6.07, 6.45) is 4.10. The highest BCUT2D eigenvalue weighted by molar-refractivity contribution is 6.06. The number of nitrogens with zero attached hydrogens (tertiary/aromatic N) is 5. The van der Waals surface area contributed by atoms with Crippen LogP contribution in [0.2, 0.25) is 0 Å². The number of fused-ring (bicyclic) bond motifs is 3. The van der Waals surface area contributed by atoms with E-state index < -0.39 is 0 Å². The molecule has 0 aliphatic carbocycles. The third kappa shape index (κ3) is 3.03. The van der Waals surface area contributed by atoms with Crippen LogP contribution in [-0.2, 0) is 11.3 Å². The number of anilines is 1. The van der Waals surface area contributed by atoms with Crippen molar-refractivity contribution in [1.82, 2.24) is 29.6 Å². The molecule has 3 aromatic heterocycles. The van der Waals surface area contributed by atoms with Gasteiger partial charge in [-0.3, -0.25) is 4.79 Å². The summed E-state index contributed by atoms with van der Waals surface area (Å²) in [6.45, 7) is 1.05. The number of aromatic nitrogens is 5. The summed E-state index contributed by atoms with van der Waals surface area (Å²) in [5.41, 5.74) is 10.4. The average Bonchev–Trinajstić information content (AvgIpc) is 3.55. The van der Waals surface area contributed by atoms with E-state index in [4.69, 9.17) is 5.73 Å². The second-order valence-corrected chi connectivity index (χ2v) is 8.00. The Labute approximate surface area is 183 Å². The molecule has 32 heavy (non-hydrogen) atoms. The number of nitrogens with one attached hydrogen (secondary N) is 1. The van der Waals surface area contributed by atoms with Gasteiger partial charge in [0, 0.05) is 36.7 Å². The highest BCUT2D eigenvalue weighted by Crippen LogP contribution is 2.31. The van der Waals surface area contributed by atoms with Gasteiger partial charge in [-0.05, 0) is 48.0 Å². The van der Waals surface area contributed by atoms with E-state index >= 15 is 0 Å². The predicted molar refractivity (Wildman–Crippen MR) is 120 cm³/mol. The summed E-state index contributed by atoms with van der Waals surface area (Å²) >= 11 is 0. The number of carbonyl (C=O) groups is 1. The minimum atomic E-state index is 0.114. The third-order valence-electron chi connectivity index (χ3n) is 5.96. The number of nitrogen functional groups attached to an aromatic ring is 1. The Balaban J connectivity index is 1.32. The molecule has 4 heterocycles. The van der Waals surface area contributed by atoms with Crippen LogP contribution in [0, 0.1) is 12.1 Å². The number of nitrogens with two attached hydrogens (primary N) is 1. The Morgan fingerprint density at radius 3 is 2.97 bits per heavy atom. The van der Waals surface area contributed by atoms with E-state index in [1.54, 1.807) is 10.9 Å². The first kappa shape index (κ1) is 18.4. The molecule has 1 saturated heterocycles. The third-order valence-corrected chi connectivity index (χ3v) is 5.96. The maximum atomic E-state index is 12.6. The zero-order chi connectivity index (χ0) is 21.7. The van der Waals surface area contributed by atoms with Crippen LogP contribution >= 0.6 is 0 Å². The number of hydrogen-bond acceptors (Lipinski definition) is 5. The topological polar surface area (TPSA) is 106 Å². The van der Waals surface area contributed by atoms with Crippen molar-refractivity contribution in [3.8, 4) is 5.69 Å². The summed E-state index contributed by atoms with van der Waals surface area (Å²) in [5, 5.41) is 5.19. The molecule has 2 aromatic carbocycles. The minimum absolute atomic E-state index is 0.114. The lowest BCUT2D eigenvalue weighted by Crippen LogP contribution is -2.25. The van der Waals surface area contributed by atoms with Crippen molar-refractivity contribution in [1.29, 1.82) is 0 Å². The number of rotatable bonds is 4. The van der Waals surface area contributed by atoms with Gasteiger partial charge >= 0.3 is 0 Å². The maximum absolute atomic E-state index is 12.6. The summed E-state index contributed by atoms with van der Waals surface area (Å²) in [6, 6.07) is 19.4. The van der Waals surface area contributed by atoms with E-state index in [9.17, 15) is 4.79 Å². The highest BCUT2D eigenvalue weighted by atomic mass is 16.2. The van der Waals surface area contributed by atoms with Gasteiger partial charge in [-0.2, -0.15) is 5.10 Å². The molecule has 156 valence electrons. The van der Waals surface area contributed by atoms with E-state index in [1.165, 1.54) is 0 Å². The van der Waals surface area contributed by atoms with Crippen LogP contribution in [0.25, 0.3) is 27.6 Å². The van der Waals surface area contributed by atoms with Gasteiger partial charge in [-0.15, -0.1) is 0 Å². The van der Waals surface area contributed by atoms with Crippen LogP contribution in [0.3, 0.4) is 0 Å². The van der Waals surface area contributed by atoms with Crippen molar-refractivity contribution in [2.45, 2.75) is 18.9 Å². The molecule has 5 aromatic rings. The molecule has 0 saturated carbocycles. The number of benzene rings is 1. The number of aromatic amines is 1. The number of H-pyrrole nitrogens is 1. The van der Waals surface area contributed by atoms with Crippen LogP contribution in [0.5, 0.6) is 0 Å². The van der Waals surface area contributed by atoms with Gasteiger partial charge in [0.15, 0.2) is 5.82 Å². The van der Waals surface area contributed by atoms with Crippen molar-refractivity contribution < 1.29 is 4.79 Å². The van der Waals surface area contributed by atoms with Crippen molar-refractivity contribution in [3.63, 3.8) is 0 Å². The maximum Gasteiger partial charge on any atom is 0.223 e. The van der Waals surface area contributed by atoms with E-state index in [0.717, 1.165) is 27.7 Å². The Morgan fingerprint density at radius 1 is 1.22 bits per heavy atom. The zero-order valence-corrected chi connectivity index (χ0v) is 17.1. The normalized spacial score (nSPS) is 16.2. The summed E-state index contributed by atoms with van der Waals surface area (Å²) in [4.78, 5) is 27.1. The van der Waals surface area contributed by atoms with Gasteiger partial charge in [-0.1, -0.05) is 12.1 Å². The van der Waals surface area contributed by atoms with Crippen LogP contribution < -0.4 is 5.73 Å². The number of amides is 1. The largest absolute Gasteiger partial charge is 0.382 e. The predicted octanol–water partition coefficient (Wildman–Crippen LogP) is 3.00. The minimum Gasteiger partial charge on any atom is -0.382 e. The van der Waals surface area contributed by atoms with Crippen molar-refractivity contribution in [2.75, 3.05) is 12.3 Å². The quantitative estimate of drug-likeness (QED) is 0.464. The average molecular weight is 421 g/mol. The first-order chi connectivity index (χ1) is 15.7. The van der Waals surface area contributed by atoms with E-state index in [0.29, 0.717) is 36.7 Å². The van der Waals surface area contributed by atoms with Crippen molar-refractivity contribution >= 4 is 33.7 Å². The summed E-state index contributed by atoms with van der Waals surface area (Å²) in [5.74, 6) is 1.32. The molecular formula is C24H19N7O. The molecule has 3 N–H and O–H groups in total. The van der Waals surface area contributed by atoms with Crippen molar-refractivity contribution in [3.05, 3.63) is 78.4 Å². The number of pyridine rings is 1. The van der Waals surface area contributed by atoms with E-state index in [-0.39, 0.29) is 11.8 Å². The van der Waals surface area contributed by atoms with Crippen molar-refractivity contribution in [2.24, 2.45) is 0 Å². The summed E-state index contributed by atoms with van der Waals surface area (Å²) < 4.78 is 1.78. The fraction of sp³-hybridized carbons (Fsp3) is 0.167. The fourth-order valence-corrected chi connectivity index (χ4v) is 4.39. The fourth-order valence-electron chi connectivity index (χ4n) is 4.39. The van der Waals surface area contributed by atoms with E-state index in [2.05, 4.69) is 32.2 Å². The lowest BCUT2D eigenvalue weighted by Gasteiger charge is -2.15. The molecule has 1 aliphatic rings. The molecular weight excluding hydrogens is 402 g/mol. The molecule has 1 fully saturated rings. The molecule has 1 aliphatic heterocycles. The number of carbonyl (C=O) groups excluding carboxylic acids is 1. The molecule has 8 nitrogen and oxygen atoms in total. The molecule has 6 rings (SSSR count). The van der Waals surface area contributed by atoms with Gasteiger partial charge in [0.2, 0.25) is 5.91 Å². The van der Waals surface area contributed by atoms with Crippen LogP contribution in [-0.4, -0.2) is 42.1 Å². The Bertz CT molecular complexity index is 1440. The zero-order valence-electron chi connectivity index (χ0n) is 17.1. The van der Waals surface area contributed by atoms with Crippen LogP contribution in [0.1, 0.15) is 23.7 Å². The lowest BCUT2D eigenvalue weighted by atomic mass is 9.99. The number of hydrogen-bond donors (Lipinski definition) is 2. The van der Waals surface area contributed by atoms with Gasteiger partial charge in [-0.25, -0.2) is 14.6 Å². The number of imidazole rings is 1. The van der Waals surface area contributed by atoms with Gasteiger partial charge in [0.1, 0.15) is 11.3 Å². The van der Waals surface area contributed by atoms with Crippen LogP contribution in [0.15, 0.2) is 54.9 Å². The second kappa shape index (κ2) is 7.10. The van der Waals surface area contributed by atoms with Gasteiger partial charge in [0.05, 0.1) is 23.3 Å². The number of likely N-dealkylation sites (tertiary alicyclic amines) is 1. The molecule has 1 atom stereocenters. The Morgan fingerprint density at radius 2 is 2.16 bits per heavy atom. The second-order valence-electron chi connectivity index (χ2n) is 8.00. The SMILES string of the molecule is Nc1nc2cc(-n3cccn3)ccc2c2[nH]c(CN3CC(c4cc#ccc4)CC3=O)nc12. The Kier molecular flexibility index (Phi) is 4.08. The van der Waals surface area contributed by atoms with E-state index in [1.807, 2.05) is 53.6 Å². The molecule has 0 spiro atoms. The molecule has 1 amide bonds. The smallest absolute Gasteiger partial charge is 0.223 e. The van der Waals surface area contributed by atoms with Gasteiger partial charge in [0.25, 0.3) is 0 Å². The molecule has 0 radical (unpaired) electrons. The highest BCUT2D eigenvalue weighted by Gasteiger charge is 2.31. The monoisotopic (exact) mass is 421 g/mol. The summed E-state index contributed by atoms with van der Waals surface area (Å²) in [7, 11) is 0. The molecule has 0 bridgehead atoms. The molecule has 8 heteroatoms. The molecule has 1 unspecified atom stereocenters. The first-order valence-electron chi connectivity index (χ1n) is 10.4. The standard InChI is InChI=1S/C24H19N7O/c25-24-23-22(18-8-7-17(12-19(18)27-24)31-10-4-9-26-31)28-20(29-23)14-30-13-16(11-21(30)32)15-5-2-1-3-6-15/h2,4-10,12,16H,11,13-14H2,(H2,25,27)(H,28,29).